The molecule has 0 saturated carbocycles. The molecule has 9 heteroatoms. The molecule has 126 valence electrons. The van der Waals surface area contributed by atoms with Crippen molar-refractivity contribution in [2.75, 3.05) is 24.6 Å². The lowest BCUT2D eigenvalue weighted by molar-refractivity contribution is -0.238. The topological polar surface area (TPSA) is 82.3 Å². The molecular formula is C15H13F3N4O2. The molecule has 1 aliphatic rings. The van der Waals surface area contributed by atoms with Crippen LogP contribution in [0.3, 0.4) is 0 Å². The Balaban J connectivity index is 2.05. The predicted molar refractivity (Wildman–Crippen MR) is 78.3 cm³/mol. The molecule has 3 rings (SSSR count). The van der Waals surface area contributed by atoms with Gasteiger partial charge in [0.25, 0.3) is 0 Å². The van der Waals surface area contributed by atoms with E-state index in [0.717, 1.165) is 0 Å². The number of nitriles is 1. The van der Waals surface area contributed by atoms with E-state index >= 15 is 0 Å². The number of ether oxygens (including phenoxy) is 1. The summed E-state index contributed by atoms with van der Waals surface area (Å²) < 4.78 is 44.1. The molecule has 0 amide bonds. The summed E-state index contributed by atoms with van der Waals surface area (Å²) in [5.41, 5.74) is 0.856. The highest BCUT2D eigenvalue weighted by atomic mass is 19.4. The summed E-state index contributed by atoms with van der Waals surface area (Å²) in [6, 6.07) is 5.23. The van der Waals surface area contributed by atoms with Gasteiger partial charge in [0, 0.05) is 18.1 Å². The van der Waals surface area contributed by atoms with Crippen LogP contribution in [-0.4, -0.2) is 53.2 Å². The molecule has 2 atom stereocenters. The molecule has 2 aromatic rings. The molecule has 1 saturated heterocycles. The average molecular weight is 338 g/mol. The van der Waals surface area contributed by atoms with Crippen LogP contribution in [0.1, 0.15) is 5.69 Å². The van der Waals surface area contributed by atoms with E-state index in [1.165, 1.54) is 17.3 Å². The number of nitrogens with zero attached hydrogens (tertiary/aromatic N) is 4. The van der Waals surface area contributed by atoms with Crippen molar-refractivity contribution in [3.8, 4) is 6.07 Å². The Morgan fingerprint density at radius 2 is 2.17 bits per heavy atom. The first-order valence-electron chi connectivity index (χ1n) is 7.16. The Hall–Kier alpha value is -2.44. The van der Waals surface area contributed by atoms with Gasteiger partial charge in [-0.1, -0.05) is 0 Å². The molecule has 0 radical (unpaired) electrons. The lowest BCUT2D eigenvalue weighted by Gasteiger charge is -2.39. The van der Waals surface area contributed by atoms with Gasteiger partial charge in [-0.15, -0.1) is 0 Å². The number of aromatic nitrogens is 2. The zero-order chi connectivity index (χ0) is 17.3. The fourth-order valence-electron chi connectivity index (χ4n) is 2.71. The van der Waals surface area contributed by atoms with Crippen LogP contribution < -0.4 is 4.90 Å². The third kappa shape index (κ3) is 2.98. The largest absolute Gasteiger partial charge is 0.416 e. The maximum atomic E-state index is 13.1. The molecule has 0 aromatic carbocycles. The molecule has 1 aliphatic heterocycles. The van der Waals surface area contributed by atoms with E-state index in [2.05, 4.69) is 9.97 Å². The smallest absolute Gasteiger partial charge is 0.394 e. The lowest BCUT2D eigenvalue weighted by atomic mass is 10.1. The SMILES string of the molecule is N#Cc1ncc(N2CC(CO)OC(C(F)(F)F)C2)c2cccnc12. The first-order valence-corrected chi connectivity index (χ1v) is 7.16. The minimum atomic E-state index is -4.54. The number of morpholine rings is 1. The quantitative estimate of drug-likeness (QED) is 0.896. The predicted octanol–water partition coefficient (Wildman–Crippen LogP) is 1.63. The second kappa shape index (κ2) is 6.22. The summed E-state index contributed by atoms with van der Waals surface area (Å²) in [4.78, 5) is 9.55. The maximum Gasteiger partial charge on any atom is 0.416 e. The van der Waals surface area contributed by atoms with Gasteiger partial charge >= 0.3 is 6.18 Å². The van der Waals surface area contributed by atoms with E-state index in [-0.39, 0.29) is 12.2 Å². The number of hydrogen-bond acceptors (Lipinski definition) is 6. The van der Waals surface area contributed by atoms with Gasteiger partial charge in [0.15, 0.2) is 11.8 Å². The minimum absolute atomic E-state index is 0.0840. The number of fused-ring (bicyclic) bond motifs is 1. The first-order chi connectivity index (χ1) is 11.4. The second-order valence-corrected chi connectivity index (χ2v) is 5.38. The summed E-state index contributed by atoms with van der Waals surface area (Å²) >= 11 is 0. The van der Waals surface area contributed by atoms with Crippen molar-refractivity contribution in [2.45, 2.75) is 18.4 Å². The van der Waals surface area contributed by atoms with Gasteiger partial charge in [-0.05, 0) is 12.1 Å². The molecular weight excluding hydrogens is 325 g/mol. The minimum Gasteiger partial charge on any atom is -0.394 e. The molecule has 2 aromatic heterocycles. The van der Waals surface area contributed by atoms with Crippen LogP contribution in [0.15, 0.2) is 24.5 Å². The van der Waals surface area contributed by atoms with Crippen molar-refractivity contribution in [1.82, 2.24) is 9.97 Å². The zero-order valence-corrected chi connectivity index (χ0v) is 12.4. The molecule has 1 fully saturated rings. The molecule has 6 nitrogen and oxygen atoms in total. The van der Waals surface area contributed by atoms with Gasteiger partial charge in [0.05, 0.1) is 31.1 Å². The van der Waals surface area contributed by atoms with Crippen molar-refractivity contribution in [3.05, 3.63) is 30.2 Å². The second-order valence-electron chi connectivity index (χ2n) is 5.38. The molecule has 0 aliphatic carbocycles. The van der Waals surface area contributed by atoms with E-state index in [1.807, 2.05) is 6.07 Å². The van der Waals surface area contributed by atoms with Gasteiger partial charge in [-0.2, -0.15) is 18.4 Å². The monoisotopic (exact) mass is 338 g/mol. The van der Waals surface area contributed by atoms with Gasteiger partial charge in [0.2, 0.25) is 0 Å². The Labute approximate surface area is 135 Å². The number of hydrogen-bond donors (Lipinski definition) is 1. The number of aliphatic hydroxyl groups is 1. The van der Waals surface area contributed by atoms with Crippen molar-refractivity contribution in [1.29, 1.82) is 5.26 Å². The first kappa shape index (κ1) is 16.4. The highest BCUT2D eigenvalue weighted by Crippen LogP contribution is 2.33. The third-order valence-corrected chi connectivity index (χ3v) is 3.81. The Morgan fingerprint density at radius 3 is 2.83 bits per heavy atom. The standard InChI is InChI=1S/C15H13F3N4O2/c16-15(17,18)13-7-22(6-9(8-23)24-13)12-5-21-11(4-19)14-10(12)2-1-3-20-14/h1-3,5,9,13,23H,6-8H2. The highest BCUT2D eigenvalue weighted by Gasteiger charge is 2.46. The van der Waals surface area contributed by atoms with E-state index in [0.29, 0.717) is 16.6 Å². The molecule has 0 spiro atoms. The number of anilines is 1. The highest BCUT2D eigenvalue weighted by molar-refractivity contribution is 5.93. The molecule has 0 bridgehead atoms. The lowest BCUT2D eigenvalue weighted by Crippen LogP contribution is -2.54. The number of alkyl halides is 3. The number of pyridine rings is 2. The Morgan fingerprint density at radius 1 is 1.38 bits per heavy atom. The summed E-state index contributed by atoms with van der Waals surface area (Å²) in [5, 5.41) is 18.9. The van der Waals surface area contributed by atoms with Crippen LogP contribution >= 0.6 is 0 Å². The third-order valence-electron chi connectivity index (χ3n) is 3.81. The van der Waals surface area contributed by atoms with Crippen LogP contribution in [0, 0.1) is 11.3 Å². The van der Waals surface area contributed by atoms with E-state index < -0.39 is 31.5 Å². The van der Waals surface area contributed by atoms with Crippen molar-refractivity contribution < 1.29 is 23.0 Å². The van der Waals surface area contributed by atoms with Crippen LogP contribution in [0.5, 0.6) is 0 Å². The van der Waals surface area contributed by atoms with Crippen LogP contribution in [0.2, 0.25) is 0 Å². The van der Waals surface area contributed by atoms with Crippen LogP contribution in [0.25, 0.3) is 10.9 Å². The molecule has 1 N–H and O–H groups in total. The van der Waals surface area contributed by atoms with Crippen molar-refractivity contribution in [2.24, 2.45) is 0 Å². The normalized spacial score (nSPS) is 21.7. The van der Waals surface area contributed by atoms with Crippen molar-refractivity contribution >= 4 is 16.6 Å². The van der Waals surface area contributed by atoms with Crippen molar-refractivity contribution in [3.63, 3.8) is 0 Å². The molecule has 2 unspecified atom stereocenters. The van der Waals surface area contributed by atoms with Gasteiger partial charge in [0.1, 0.15) is 11.6 Å². The fraction of sp³-hybridized carbons (Fsp3) is 0.400. The van der Waals surface area contributed by atoms with Crippen LogP contribution in [0.4, 0.5) is 18.9 Å². The Kier molecular flexibility index (Phi) is 4.26. The van der Waals surface area contributed by atoms with Gasteiger partial charge in [-0.3, -0.25) is 4.98 Å². The molecule has 3 heterocycles. The van der Waals surface area contributed by atoms with E-state index in [1.54, 1.807) is 12.1 Å². The number of rotatable bonds is 2. The van der Waals surface area contributed by atoms with Gasteiger partial charge in [-0.25, -0.2) is 4.98 Å². The summed E-state index contributed by atoms with van der Waals surface area (Å²) in [7, 11) is 0. The summed E-state index contributed by atoms with van der Waals surface area (Å²) in [6.07, 6.45) is -4.67. The van der Waals surface area contributed by atoms with Gasteiger partial charge < -0.3 is 14.7 Å². The maximum absolute atomic E-state index is 13.1. The van der Waals surface area contributed by atoms with E-state index in [4.69, 9.17) is 10.00 Å². The number of aliphatic hydroxyl groups excluding tert-OH is 1. The number of halogens is 3. The summed E-state index contributed by atoms with van der Waals surface area (Å²) in [6.45, 7) is -0.860. The van der Waals surface area contributed by atoms with E-state index in [9.17, 15) is 18.3 Å². The fourth-order valence-corrected chi connectivity index (χ4v) is 2.71. The Bertz CT molecular complexity index is 790. The molecule has 24 heavy (non-hydrogen) atoms. The zero-order valence-electron chi connectivity index (χ0n) is 12.4. The average Bonchev–Trinajstić information content (AvgIpc) is 2.59. The van der Waals surface area contributed by atoms with Crippen LogP contribution in [-0.2, 0) is 4.74 Å². The summed E-state index contributed by atoms with van der Waals surface area (Å²) in [5.74, 6) is 0.